The number of aliphatic carboxylic acids is 1. The molecule has 0 radical (unpaired) electrons. The summed E-state index contributed by atoms with van der Waals surface area (Å²) in [5.41, 5.74) is 7.42. The van der Waals surface area contributed by atoms with Crippen LogP contribution in [0.5, 0.6) is 0 Å². The second-order valence-electron chi connectivity index (χ2n) is 14.1. The van der Waals surface area contributed by atoms with E-state index < -0.39 is 11.9 Å². The molecule has 2 atom stereocenters. The fourth-order valence-corrected chi connectivity index (χ4v) is 7.88. The highest BCUT2D eigenvalue weighted by atomic mass is 35.5. The molecule has 0 aliphatic carbocycles. The van der Waals surface area contributed by atoms with Crippen LogP contribution in [0.4, 0.5) is 11.5 Å². The monoisotopic (exact) mass is 756 g/mol. The molecule has 2 aromatic carbocycles. The lowest BCUT2D eigenvalue weighted by atomic mass is 10.0. The van der Waals surface area contributed by atoms with E-state index in [-0.39, 0.29) is 18.0 Å². The number of anilines is 2. The van der Waals surface area contributed by atoms with E-state index in [0.29, 0.717) is 77.9 Å². The van der Waals surface area contributed by atoms with Crippen LogP contribution in [0, 0.1) is 24.2 Å². The van der Waals surface area contributed by atoms with E-state index in [0.717, 1.165) is 51.8 Å². The van der Waals surface area contributed by atoms with Crippen molar-refractivity contribution in [3.8, 4) is 28.8 Å². The summed E-state index contributed by atoms with van der Waals surface area (Å²) in [7, 11) is 0. The van der Waals surface area contributed by atoms with Gasteiger partial charge in [-0.1, -0.05) is 23.7 Å². The lowest BCUT2D eigenvalue weighted by Gasteiger charge is -2.17. The molecule has 278 valence electrons. The number of carboxylic acid groups (broad SMARTS) is 1. The molecule has 0 saturated carbocycles. The standard InChI is InChI=1S/C41H37ClN8O5/c1-23-31(4-3-5-33(23)47-39-36-27(6-10-45-39)15-26(18-46-36)20-50-13-9-30(22-50)54-24(2)51)37-35(42)32(7-11-44-37)40-48-34-16-25(14-29(17-43)38(34)55-40)19-49-12-8-28(21-49)41(52)53/h3-7,10-11,14-16,18,28,30H,8-9,12-13,19-22H2,1-2H3,(H,45,47)(H,52,53). The fraction of sp³-hybridized carbons (Fsp3) is 0.293. The van der Waals surface area contributed by atoms with Crippen molar-refractivity contribution in [3.63, 3.8) is 0 Å². The highest BCUT2D eigenvalue weighted by Gasteiger charge is 2.29. The molecule has 8 rings (SSSR count). The largest absolute Gasteiger partial charge is 0.481 e. The molecule has 0 bridgehead atoms. The number of pyridine rings is 3. The average molecular weight is 757 g/mol. The fourth-order valence-electron chi connectivity index (χ4n) is 7.58. The van der Waals surface area contributed by atoms with Crippen LogP contribution in [0.2, 0.25) is 5.02 Å². The van der Waals surface area contributed by atoms with Gasteiger partial charge < -0.3 is 19.6 Å². The minimum absolute atomic E-state index is 0.0747. The molecule has 2 aliphatic rings. The van der Waals surface area contributed by atoms with Gasteiger partial charge in [-0.15, -0.1) is 0 Å². The van der Waals surface area contributed by atoms with Gasteiger partial charge in [0, 0.05) is 74.9 Å². The number of nitriles is 1. The van der Waals surface area contributed by atoms with Crippen molar-refractivity contribution >= 4 is 57.0 Å². The van der Waals surface area contributed by atoms with E-state index in [9.17, 15) is 20.0 Å². The number of rotatable bonds is 10. The number of oxazole rings is 1. The first kappa shape index (κ1) is 36.1. The highest BCUT2D eigenvalue weighted by molar-refractivity contribution is 6.35. The maximum Gasteiger partial charge on any atom is 0.307 e. The number of nitrogens with zero attached hydrogens (tertiary/aromatic N) is 7. The summed E-state index contributed by atoms with van der Waals surface area (Å²) in [6.45, 7) is 7.33. The Balaban J connectivity index is 1.04. The normalized spacial score (nSPS) is 17.5. The summed E-state index contributed by atoms with van der Waals surface area (Å²) in [6.07, 6.45) is 6.62. The molecule has 0 spiro atoms. The summed E-state index contributed by atoms with van der Waals surface area (Å²) in [6, 6.07) is 17.5. The Labute approximate surface area is 321 Å². The Morgan fingerprint density at radius 3 is 2.62 bits per heavy atom. The van der Waals surface area contributed by atoms with E-state index in [2.05, 4.69) is 37.2 Å². The molecular formula is C41H37ClN8O5. The van der Waals surface area contributed by atoms with E-state index >= 15 is 0 Å². The van der Waals surface area contributed by atoms with Gasteiger partial charge in [0.1, 0.15) is 23.2 Å². The van der Waals surface area contributed by atoms with Crippen LogP contribution in [0.1, 0.15) is 42.0 Å². The number of halogens is 1. The van der Waals surface area contributed by atoms with Gasteiger partial charge in [0.15, 0.2) is 11.4 Å². The van der Waals surface area contributed by atoms with Crippen molar-refractivity contribution in [2.75, 3.05) is 31.5 Å². The lowest BCUT2D eigenvalue weighted by Crippen LogP contribution is -2.24. The molecular weight excluding hydrogens is 720 g/mol. The maximum atomic E-state index is 11.5. The summed E-state index contributed by atoms with van der Waals surface area (Å²) in [5, 5.41) is 24.2. The van der Waals surface area contributed by atoms with E-state index in [1.54, 1.807) is 24.5 Å². The van der Waals surface area contributed by atoms with Crippen molar-refractivity contribution < 1.29 is 23.8 Å². The number of aromatic nitrogens is 4. The van der Waals surface area contributed by atoms with Crippen molar-refractivity contribution in [2.45, 2.75) is 45.9 Å². The molecule has 2 N–H and O–H groups in total. The van der Waals surface area contributed by atoms with E-state index in [1.807, 2.05) is 43.5 Å². The van der Waals surface area contributed by atoms with Gasteiger partial charge in [0.05, 0.1) is 27.8 Å². The van der Waals surface area contributed by atoms with Crippen LogP contribution in [-0.2, 0) is 27.4 Å². The smallest absolute Gasteiger partial charge is 0.307 e. The second kappa shape index (κ2) is 15.1. The number of carbonyl (C=O) groups excluding carboxylic acids is 1. The number of hydrogen-bond acceptors (Lipinski definition) is 12. The van der Waals surface area contributed by atoms with Crippen molar-refractivity contribution in [3.05, 3.63) is 94.4 Å². The molecule has 0 amide bonds. The van der Waals surface area contributed by atoms with Crippen molar-refractivity contribution in [1.29, 1.82) is 5.26 Å². The number of esters is 1. The number of carbonyl (C=O) groups is 2. The zero-order valence-electron chi connectivity index (χ0n) is 30.3. The molecule has 2 fully saturated rings. The third-order valence-electron chi connectivity index (χ3n) is 10.3. The van der Waals surface area contributed by atoms with E-state index in [4.69, 9.17) is 30.7 Å². The maximum absolute atomic E-state index is 11.5. The summed E-state index contributed by atoms with van der Waals surface area (Å²) >= 11 is 7.08. The molecule has 2 saturated heterocycles. The molecule has 6 heterocycles. The third-order valence-corrected chi connectivity index (χ3v) is 10.7. The van der Waals surface area contributed by atoms with Crippen LogP contribution >= 0.6 is 11.6 Å². The number of nitrogens with one attached hydrogen (secondary N) is 1. The average Bonchev–Trinajstić information content (AvgIpc) is 3.93. The summed E-state index contributed by atoms with van der Waals surface area (Å²) in [5.74, 6) is -0.557. The van der Waals surface area contributed by atoms with E-state index in [1.165, 1.54) is 6.92 Å². The van der Waals surface area contributed by atoms with Gasteiger partial charge in [-0.2, -0.15) is 5.26 Å². The Hall–Kier alpha value is -5.94. The SMILES string of the molecule is CC(=O)OC1CCN(Cc2cnc3c(Nc4cccc(-c5nccc(-c6nc7cc(CN8CCC(C(=O)O)C8)cc(C#N)c7o6)c5Cl)c4C)nccc3c2)C1. The summed E-state index contributed by atoms with van der Waals surface area (Å²) < 4.78 is 11.6. The zero-order chi connectivity index (χ0) is 38.2. The first-order valence-electron chi connectivity index (χ1n) is 18.1. The number of ether oxygens (including phenoxy) is 1. The molecule has 2 aliphatic heterocycles. The zero-order valence-corrected chi connectivity index (χ0v) is 31.0. The van der Waals surface area contributed by atoms with Gasteiger partial charge in [-0.05, 0) is 79.4 Å². The minimum Gasteiger partial charge on any atom is -0.481 e. The third kappa shape index (κ3) is 7.44. The Morgan fingerprint density at radius 2 is 1.82 bits per heavy atom. The number of likely N-dealkylation sites (tertiary alicyclic amines) is 2. The minimum atomic E-state index is -0.787. The second-order valence-corrected chi connectivity index (χ2v) is 14.5. The topological polar surface area (TPSA) is 171 Å². The van der Waals surface area contributed by atoms with Crippen molar-refractivity contribution in [1.82, 2.24) is 29.7 Å². The predicted octanol–water partition coefficient (Wildman–Crippen LogP) is 7.12. The van der Waals surface area contributed by atoms with Crippen LogP contribution in [-0.4, -0.2) is 79.1 Å². The Kier molecular flexibility index (Phi) is 9.87. The number of hydrogen-bond donors (Lipinski definition) is 2. The first-order valence-corrected chi connectivity index (χ1v) is 18.4. The number of fused-ring (bicyclic) bond motifs is 2. The molecule has 6 aromatic rings. The highest BCUT2D eigenvalue weighted by Crippen LogP contribution is 2.39. The van der Waals surface area contributed by atoms with Crippen LogP contribution < -0.4 is 5.32 Å². The molecule has 14 heteroatoms. The Bertz CT molecular complexity index is 2520. The molecule has 2 unspecified atom stereocenters. The number of carboxylic acids is 1. The molecule has 55 heavy (non-hydrogen) atoms. The van der Waals surface area contributed by atoms with Gasteiger partial charge >= 0.3 is 11.9 Å². The van der Waals surface area contributed by atoms with Gasteiger partial charge in [0.2, 0.25) is 5.89 Å². The molecule has 4 aromatic heterocycles. The summed E-state index contributed by atoms with van der Waals surface area (Å²) in [4.78, 5) is 46.0. The van der Waals surface area contributed by atoms with Gasteiger partial charge in [-0.25, -0.2) is 9.97 Å². The number of benzene rings is 2. The van der Waals surface area contributed by atoms with Crippen LogP contribution in [0.15, 0.2) is 71.5 Å². The quantitative estimate of drug-likeness (QED) is 0.136. The predicted molar refractivity (Wildman–Crippen MR) is 206 cm³/mol. The van der Waals surface area contributed by atoms with Crippen LogP contribution in [0.3, 0.4) is 0 Å². The molecule has 13 nitrogen and oxygen atoms in total. The Morgan fingerprint density at radius 1 is 1.02 bits per heavy atom. The lowest BCUT2D eigenvalue weighted by molar-refractivity contribution is -0.145. The first-order chi connectivity index (χ1) is 26.6. The van der Waals surface area contributed by atoms with Gasteiger partial charge in [0.25, 0.3) is 0 Å². The van der Waals surface area contributed by atoms with Crippen molar-refractivity contribution in [2.24, 2.45) is 5.92 Å². The van der Waals surface area contributed by atoms with Crippen LogP contribution in [0.25, 0.3) is 44.7 Å². The van der Waals surface area contributed by atoms with Gasteiger partial charge in [-0.3, -0.25) is 29.4 Å².